The minimum atomic E-state index is -0.394. The molecule has 24 heavy (non-hydrogen) atoms. The van der Waals surface area contributed by atoms with E-state index in [1.807, 2.05) is 33.7 Å². The highest BCUT2D eigenvalue weighted by Gasteiger charge is 2.22. The van der Waals surface area contributed by atoms with Crippen molar-refractivity contribution < 1.29 is 9.59 Å². The number of benzene rings is 1. The third-order valence-corrected chi connectivity index (χ3v) is 5.39. The third kappa shape index (κ3) is 3.72. The van der Waals surface area contributed by atoms with Crippen LogP contribution in [0.2, 0.25) is 0 Å². The van der Waals surface area contributed by atoms with Crippen molar-refractivity contribution in [2.24, 2.45) is 11.7 Å². The van der Waals surface area contributed by atoms with Crippen LogP contribution in [-0.2, 0) is 16.1 Å². The quantitative estimate of drug-likeness (QED) is 0.838. The fourth-order valence-corrected chi connectivity index (χ4v) is 3.70. The van der Waals surface area contributed by atoms with E-state index in [-0.39, 0.29) is 18.2 Å². The first kappa shape index (κ1) is 16.8. The Kier molecular flexibility index (Phi) is 5.08. The molecule has 0 saturated carbocycles. The summed E-state index contributed by atoms with van der Waals surface area (Å²) in [4.78, 5) is 30.2. The molecule has 1 fully saturated rings. The van der Waals surface area contributed by atoms with Gasteiger partial charge in [-0.05, 0) is 30.9 Å². The monoisotopic (exact) mass is 346 g/mol. The average Bonchev–Trinajstić information content (AvgIpc) is 2.91. The van der Waals surface area contributed by atoms with Gasteiger partial charge < -0.3 is 15.2 Å². The molecule has 1 saturated heterocycles. The van der Waals surface area contributed by atoms with Crippen molar-refractivity contribution in [2.45, 2.75) is 31.5 Å². The van der Waals surface area contributed by atoms with Gasteiger partial charge in [0.05, 0.1) is 16.8 Å². The minimum absolute atomic E-state index is 0.103. The zero-order valence-electron chi connectivity index (χ0n) is 13.8. The van der Waals surface area contributed by atoms with Gasteiger partial charge in [-0.15, -0.1) is 0 Å². The van der Waals surface area contributed by atoms with Crippen molar-refractivity contribution in [1.29, 1.82) is 0 Å². The number of thioether (sulfide) groups is 1. The third-order valence-electron chi connectivity index (χ3n) is 4.39. The first-order valence-electron chi connectivity index (χ1n) is 8.18. The second-order valence-electron chi connectivity index (χ2n) is 6.29. The van der Waals surface area contributed by atoms with Crippen LogP contribution in [0.15, 0.2) is 29.4 Å². The van der Waals surface area contributed by atoms with E-state index in [1.54, 1.807) is 0 Å². The summed E-state index contributed by atoms with van der Waals surface area (Å²) in [5.41, 5.74) is 6.97. The summed E-state index contributed by atoms with van der Waals surface area (Å²) >= 11 is 1.28. The van der Waals surface area contributed by atoms with Crippen molar-refractivity contribution in [3.63, 3.8) is 0 Å². The number of likely N-dealkylation sites (tertiary alicyclic amines) is 1. The first-order chi connectivity index (χ1) is 11.5. The molecule has 0 bridgehead atoms. The summed E-state index contributed by atoms with van der Waals surface area (Å²) in [6, 6.07) is 7.70. The van der Waals surface area contributed by atoms with E-state index < -0.39 is 5.91 Å². The maximum absolute atomic E-state index is 12.7. The molecule has 2 heterocycles. The molecule has 0 unspecified atom stereocenters. The summed E-state index contributed by atoms with van der Waals surface area (Å²) in [6.07, 6.45) is 2.11. The van der Waals surface area contributed by atoms with Gasteiger partial charge in [-0.25, -0.2) is 4.98 Å². The smallest absolute Gasteiger partial charge is 0.242 e. The molecular formula is C17H22N4O2S. The molecule has 0 spiro atoms. The van der Waals surface area contributed by atoms with Gasteiger partial charge in [-0.1, -0.05) is 30.8 Å². The maximum atomic E-state index is 12.7. The Labute approximate surface area is 145 Å². The molecule has 0 radical (unpaired) electrons. The summed E-state index contributed by atoms with van der Waals surface area (Å²) in [7, 11) is 0. The molecule has 128 valence electrons. The summed E-state index contributed by atoms with van der Waals surface area (Å²) in [6.45, 7) is 4.10. The second kappa shape index (κ2) is 7.25. The van der Waals surface area contributed by atoms with E-state index >= 15 is 0 Å². The van der Waals surface area contributed by atoms with Gasteiger partial charge in [-0.3, -0.25) is 9.59 Å². The number of nitrogens with zero attached hydrogens (tertiary/aromatic N) is 3. The van der Waals surface area contributed by atoms with E-state index in [0.29, 0.717) is 11.1 Å². The average molecular weight is 346 g/mol. The number of rotatable bonds is 5. The lowest BCUT2D eigenvalue weighted by atomic mass is 9.99. The Morgan fingerprint density at radius 3 is 2.71 bits per heavy atom. The topological polar surface area (TPSA) is 81.2 Å². The van der Waals surface area contributed by atoms with Crippen molar-refractivity contribution in [3.8, 4) is 0 Å². The molecule has 2 N–H and O–H groups in total. The van der Waals surface area contributed by atoms with E-state index in [2.05, 4.69) is 11.9 Å². The normalized spacial score (nSPS) is 15.8. The zero-order chi connectivity index (χ0) is 17.1. The van der Waals surface area contributed by atoms with Crippen LogP contribution < -0.4 is 5.73 Å². The molecule has 0 aliphatic carbocycles. The van der Waals surface area contributed by atoms with E-state index in [9.17, 15) is 9.59 Å². The Morgan fingerprint density at radius 2 is 2.00 bits per heavy atom. The molecule has 1 aliphatic rings. The number of piperidine rings is 1. The van der Waals surface area contributed by atoms with Crippen LogP contribution in [-0.4, -0.2) is 45.1 Å². The van der Waals surface area contributed by atoms with Crippen LogP contribution >= 0.6 is 11.8 Å². The van der Waals surface area contributed by atoms with Gasteiger partial charge in [0.15, 0.2) is 5.16 Å². The second-order valence-corrected chi connectivity index (χ2v) is 7.23. The van der Waals surface area contributed by atoms with Crippen LogP contribution in [0.25, 0.3) is 11.0 Å². The van der Waals surface area contributed by atoms with Crippen LogP contribution in [0, 0.1) is 5.92 Å². The zero-order valence-corrected chi connectivity index (χ0v) is 14.6. The molecule has 2 aromatic rings. The Hall–Kier alpha value is -2.02. The lowest BCUT2D eigenvalue weighted by Crippen LogP contribution is -2.39. The highest BCUT2D eigenvalue weighted by Crippen LogP contribution is 2.24. The van der Waals surface area contributed by atoms with Crippen molar-refractivity contribution in [2.75, 3.05) is 18.8 Å². The summed E-state index contributed by atoms with van der Waals surface area (Å²) in [5.74, 6) is 0.546. The number of carbonyl (C=O) groups excluding carboxylic acids is 2. The van der Waals surface area contributed by atoms with Gasteiger partial charge >= 0.3 is 0 Å². The molecule has 7 heteroatoms. The molecule has 2 amide bonds. The minimum Gasteiger partial charge on any atom is -0.369 e. The van der Waals surface area contributed by atoms with Gasteiger partial charge in [-0.2, -0.15) is 0 Å². The van der Waals surface area contributed by atoms with Crippen LogP contribution in [0.1, 0.15) is 19.8 Å². The first-order valence-corrected chi connectivity index (χ1v) is 9.17. The SMILES string of the molecule is CC1CCN(C(=O)Cn2c(SCC(N)=O)nc3ccccc32)CC1. The highest BCUT2D eigenvalue weighted by molar-refractivity contribution is 7.99. The Balaban J connectivity index is 1.82. The predicted octanol–water partition coefficient (Wildman–Crippen LogP) is 1.87. The molecule has 3 rings (SSSR count). The number of imidazole rings is 1. The van der Waals surface area contributed by atoms with Crippen molar-refractivity contribution in [3.05, 3.63) is 24.3 Å². The molecular weight excluding hydrogens is 324 g/mol. The number of para-hydroxylation sites is 2. The Bertz CT molecular complexity index is 750. The van der Waals surface area contributed by atoms with Gasteiger partial charge in [0.1, 0.15) is 6.54 Å². The number of hydrogen-bond acceptors (Lipinski definition) is 4. The summed E-state index contributed by atoms with van der Waals surface area (Å²) in [5, 5.41) is 0.661. The number of primary amides is 1. The number of aromatic nitrogens is 2. The van der Waals surface area contributed by atoms with E-state index in [0.717, 1.165) is 37.0 Å². The number of amides is 2. The number of hydrogen-bond donors (Lipinski definition) is 1. The van der Waals surface area contributed by atoms with E-state index in [4.69, 9.17) is 5.73 Å². The van der Waals surface area contributed by atoms with Crippen LogP contribution in [0.5, 0.6) is 0 Å². The number of carbonyl (C=O) groups is 2. The van der Waals surface area contributed by atoms with Crippen LogP contribution in [0.3, 0.4) is 0 Å². The van der Waals surface area contributed by atoms with E-state index in [1.165, 1.54) is 11.8 Å². The fourth-order valence-electron chi connectivity index (χ4n) is 2.95. The largest absolute Gasteiger partial charge is 0.369 e. The van der Waals surface area contributed by atoms with Gasteiger partial charge in [0.25, 0.3) is 0 Å². The maximum Gasteiger partial charge on any atom is 0.242 e. The number of nitrogens with two attached hydrogens (primary N) is 1. The van der Waals surface area contributed by atoms with Gasteiger partial charge in [0.2, 0.25) is 11.8 Å². The number of fused-ring (bicyclic) bond motifs is 1. The molecule has 1 aliphatic heterocycles. The van der Waals surface area contributed by atoms with Crippen molar-refractivity contribution in [1.82, 2.24) is 14.5 Å². The molecule has 1 aromatic carbocycles. The molecule has 0 atom stereocenters. The standard InChI is InChI=1S/C17H22N4O2S/c1-12-6-8-20(9-7-12)16(23)10-21-14-5-3-2-4-13(14)19-17(21)24-11-15(18)22/h2-5,12H,6-11H2,1H3,(H2,18,22). The molecule has 1 aromatic heterocycles. The molecule has 6 nitrogen and oxygen atoms in total. The fraction of sp³-hybridized carbons (Fsp3) is 0.471. The Morgan fingerprint density at radius 1 is 1.29 bits per heavy atom. The highest BCUT2D eigenvalue weighted by atomic mass is 32.2. The summed E-state index contributed by atoms with van der Waals surface area (Å²) < 4.78 is 1.89. The van der Waals surface area contributed by atoms with Gasteiger partial charge in [0, 0.05) is 13.1 Å². The lowest BCUT2D eigenvalue weighted by molar-refractivity contribution is -0.133. The van der Waals surface area contributed by atoms with Crippen LogP contribution in [0.4, 0.5) is 0 Å². The lowest BCUT2D eigenvalue weighted by Gasteiger charge is -2.30. The predicted molar refractivity (Wildman–Crippen MR) is 94.6 cm³/mol. The van der Waals surface area contributed by atoms with Crippen molar-refractivity contribution >= 4 is 34.6 Å².